The van der Waals surface area contributed by atoms with Gasteiger partial charge in [0.05, 0.1) is 25.0 Å². The van der Waals surface area contributed by atoms with E-state index in [1.807, 2.05) is 4.90 Å². The highest BCUT2D eigenvalue weighted by atomic mass is 19.4. The fraction of sp³-hybridized carbons (Fsp3) is 0.500. The first kappa shape index (κ1) is 19.9. The van der Waals surface area contributed by atoms with Gasteiger partial charge < -0.3 is 4.74 Å². The van der Waals surface area contributed by atoms with Crippen LogP contribution in [0.4, 0.5) is 24.8 Å². The van der Waals surface area contributed by atoms with E-state index < -0.39 is 11.7 Å². The molecule has 0 radical (unpaired) electrons. The molecule has 1 aromatic carbocycles. The number of nitrogens with zero attached hydrogens (tertiary/aromatic N) is 4. The number of aryl methyl sites for hydroxylation is 1. The molecular weight excluding hydrogens is 385 g/mol. The monoisotopic (exact) mass is 408 g/mol. The van der Waals surface area contributed by atoms with Crippen LogP contribution in [0.15, 0.2) is 29.1 Å². The maximum Gasteiger partial charge on any atom is 0.416 e. The van der Waals surface area contributed by atoms with E-state index in [2.05, 4.69) is 4.98 Å². The fourth-order valence-electron chi connectivity index (χ4n) is 3.82. The van der Waals surface area contributed by atoms with E-state index >= 15 is 0 Å². The Hall–Kier alpha value is -2.39. The Balaban J connectivity index is 1.77. The van der Waals surface area contributed by atoms with Crippen LogP contribution in [0, 0.1) is 13.8 Å². The van der Waals surface area contributed by atoms with Crippen LogP contribution in [0.2, 0.25) is 0 Å². The predicted octanol–water partition coefficient (Wildman–Crippen LogP) is 3.43. The summed E-state index contributed by atoms with van der Waals surface area (Å²) in [6.07, 6.45) is -2.45. The summed E-state index contributed by atoms with van der Waals surface area (Å²) in [6, 6.07) is 5.12. The van der Waals surface area contributed by atoms with E-state index in [4.69, 9.17) is 4.74 Å². The fourth-order valence-corrected chi connectivity index (χ4v) is 3.82. The molecule has 6 nitrogen and oxygen atoms in total. The lowest BCUT2D eigenvalue weighted by Gasteiger charge is -2.39. The van der Waals surface area contributed by atoms with Crippen LogP contribution in [0.25, 0.3) is 0 Å². The Morgan fingerprint density at radius 2 is 2.03 bits per heavy atom. The Morgan fingerprint density at radius 3 is 2.72 bits per heavy atom. The number of aromatic nitrogens is 2. The Labute approximate surface area is 166 Å². The van der Waals surface area contributed by atoms with Crippen molar-refractivity contribution in [1.82, 2.24) is 14.5 Å². The zero-order valence-electron chi connectivity index (χ0n) is 16.4. The molecule has 156 valence electrons. The second kappa shape index (κ2) is 7.46. The predicted molar refractivity (Wildman–Crippen MR) is 102 cm³/mol. The zero-order valence-corrected chi connectivity index (χ0v) is 16.4. The average Bonchev–Trinajstić information content (AvgIpc) is 3.19. The van der Waals surface area contributed by atoms with Crippen LogP contribution in [-0.2, 0) is 17.6 Å². The number of rotatable bonds is 3. The van der Waals surface area contributed by atoms with Crippen molar-refractivity contribution in [2.45, 2.75) is 45.6 Å². The zero-order chi connectivity index (χ0) is 20.8. The molecule has 0 spiro atoms. The molecule has 0 unspecified atom stereocenters. The summed E-state index contributed by atoms with van der Waals surface area (Å²) in [6.45, 7) is 5.43. The molecule has 2 aliphatic heterocycles. The SMILES string of the molecule is Cc1nc2n(c(=O)c1C)CN(C[C@@H]1CCCO1)CN2c1cccc(C(F)(F)F)c1. The van der Waals surface area contributed by atoms with Crippen molar-refractivity contribution in [2.75, 3.05) is 24.7 Å². The number of hydrogen-bond donors (Lipinski definition) is 0. The number of fused-ring (bicyclic) bond motifs is 1. The quantitative estimate of drug-likeness (QED) is 0.779. The lowest BCUT2D eigenvalue weighted by Crippen LogP contribution is -2.49. The van der Waals surface area contributed by atoms with Gasteiger partial charge in [-0.25, -0.2) is 4.98 Å². The summed E-state index contributed by atoms with van der Waals surface area (Å²) in [5, 5.41) is 0. The molecule has 0 bridgehead atoms. The van der Waals surface area contributed by atoms with Gasteiger partial charge in [0.25, 0.3) is 5.56 Å². The molecule has 29 heavy (non-hydrogen) atoms. The first-order chi connectivity index (χ1) is 13.7. The van der Waals surface area contributed by atoms with Gasteiger partial charge in [0, 0.05) is 30.1 Å². The number of benzene rings is 1. The molecule has 0 N–H and O–H groups in total. The Bertz CT molecular complexity index is 967. The maximum absolute atomic E-state index is 13.2. The van der Waals surface area contributed by atoms with Gasteiger partial charge in [0.15, 0.2) is 0 Å². The van der Waals surface area contributed by atoms with Gasteiger partial charge in [-0.05, 0) is 44.9 Å². The van der Waals surface area contributed by atoms with Gasteiger partial charge in [-0.1, -0.05) is 6.07 Å². The van der Waals surface area contributed by atoms with Gasteiger partial charge in [-0.15, -0.1) is 0 Å². The molecule has 3 heterocycles. The average molecular weight is 408 g/mol. The Kier molecular flexibility index (Phi) is 5.12. The first-order valence-corrected chi connectivity index (χ1v) is 9.61. The molecule has 1 saturated heterocycles. The smallest absolute Gasteiger partial charge is 0.377 e. The van der Waals surface area contributed by atoms with Crippen molar-refractivity contribution in [2.24, 2.45) is 0 Å². The third-order valence-electron chi connectivity index (χ3n) is 5.51. The summed E-state index contributed by atoms with van der Waals surface area (Å²) in [5.74, 6) is 0.362. The molecule has 0 amide bonds. The normalized spacial score (nSPS) is 20.2. The summed E-state index contributed by atoms with van der Waals surface area (Å²) in [7, 11) is 0. The van der Waals surface area contributed by atoms with Crippen molar-refractivity contribution in [3.63, 3.8) is 0 Å². The molecular formula is C20H23F3N4O2. The van der Waals surface area contributed by atoms with Gasteiger partial charge in [-0.3, -0.25) is 19.2 Å². The van der Waals surface area contributed by atoms with Crippen LogP contribution in [0.1, 0.15) is 29.7 Å². The second-order valence-corrected chi connectivity index (χ2v) is 7.60. The van der Waals surface area contributed by atoms with E-state index in [0.717, 1.165) is 25.0 Å². The van der Waals surface area contributed by atoms with Crippen molar-refractivity contribution in [3.8, 4) is 0 Å². The largest absolute Gasteiger partial charge is 0.416 e. The third-order valence-corrected chi connectivity index (χ3v) is 5.51. The van der Waals surface area contributed by atoms with E-state index in [9.17, 15) is 18.0 Å². The summed E-state index contributed by atoms with van der Waals surface area (Å²) in [4.78, 5) is 21.1. The molecule has 1 fully saturated rings. The van der Waals surface area contributed by atoms with Crippen LogP contribution in [0.3, 0.4) is 0 Å². The minimum absolute atomic E-state index is 0.0649. The minimum Gasteiger partial charge on any atom is -0.377 e. The number of alkyl halides is 3. The van der Waals surface area contributed by atoms with Gasteiger partial charge in [-0.2, -0.15) is 13.2 Å². The highest BCUT2D eigenvalue weighted by molar-refractivity contribution is 5.59. The molecule has 1 atom stereocenters. The van der Waals surface area contributed by atoms with Crippen LogP contribution in [0.5, 0.6) is 0 Å². The minimum atomic E-state index is -4.44. The van der Waals surface area contributed by atoms with Gasteiger partial charge >= 0.3 is 6.18 Å². The molecule has 2 aromatic rings. The molecule has 9 heteroatoms. The lowest BCUT2D eigenvalue weighted by atomic mass is 10.1. The number of halogens is 3. The lowest BCUT2D eigenvalue weighted by molar-refractivity contribution is -0.137. The molecule has 4 rings (SSSR count). The van der Waals surface area contributed by atoms with E-state index in [0.29, 0.717) is 49.4 Å². The van der Waals surface area contributed by atoms with E-state index in [-0.39, 0.29) is 11.7 Å². The molecule has 0 aliphatic carbocycles. The third kappa shape index (κ3) is 3.89. The van der Waals surface area contributed by atoms with Crippen LogP contribution >= 0.6 is 0 Å². The highest BCUT2D eigenvalue weighted by Gasteiger charge is 2.33. The first-order valence-electron chi connectivity index (χ1n) is 9.61. The number of anilines is 2. The van der Waals surface area contributed by atoms with E-state index in [1.165, 1.54) is 10.6 Å². The Morgan fingerprint density at radius 1 is 1.24 bits per heavy atom. The number of hydrogen-bond acceptors (Lipinski definition) is 5. The summed E-state index contributed by atoms with van der Waals surface area (Å²) < 4.78 is 47.0. The number of ether oxygens (including phenoxy) is 1. The highest BCUT2D eigenvalue weighted by Crippen LogP contribution is 2.34. The maximum atomic E-state index is 13.2. The van der Waals surface area contributed by atoms with Crippen LogP contribution in [-0.4, -0.2) is 40.4 Å². The van der Waals surface area contributed by atoms with Gasteiger partial charge in [0.1, 0.15) is 0 Å². The van der Waals surface area contributed by atoms with Crippen LogP contribution < -0.4 is 10.5 Å². The topological polar surface area (TPSA) is 50.6 Å². The molecule has 1 aromatic heterocycles. The van der Waals surface area contributed by atoms with E-state index in [1.54, 1.807) is 24.8 Å². The van der Waals surface area contributed by atoms with Crippen molar-refractivity contribution < 1.29 is 17.9 Å². The standard InChI is InChI=1S/C20H23F3N4O2/c1-13-14(2)24-19-26(16-6-3-5-15(9-16)20(21,22)23)11-25(12-27(19)18(13)28)10-17-7-4-8-29-17/h3,5-6,9,17H,4,7-8,10-12H2,1-2H3/t17-/m0/s1. The second-order valence-electron chi connectivity index (χ2n) is 7.60. The van der Waals surface area contributed by atoms with Gasteiger partial charge in [0.2, 0.25) is 5.95 Å². The molecule has 2 aliphatic rings. The van der Waals surface area contributed by atoms with Crippen molar-refractivity contribution in [3.05, 3.63) is 51.4 Å². The van der Waals surface area contributed by atoms with Crippen molar-refractivity contribution in [1.29, 1.82) is 0 Å². The molecule has 0 saturated carbocycles. The van der Waals surface area contributed by atoms with Crippen molar-refractivity contribution >= 4 is 11.6 Å². The summed E-state index contributed by atoms with van der Waals surface area (Å²) in [5.41, 5.74) is 0.550. The summed E-state index contributed by atoms with van der Waals surface area (Å²) >= 11 is 0.